The second-order valence-corrected chi connectivity index (χ2v) is 6.54. The first kappa shape index (κ1) is 23.0. The number of ether oxygens (including phenoxy) is 1. The molecular weight excluding hydrogens is 439 g/mol. The van der Waals surface area contributed by atoms with Gasteiger partial charge in [-0.05, 0) is 56.5 Å². The van der Waals surface area contributed by atoms with Crippen molar-refractivity contribution in [2.45, 2.75) is 40.2 Å². The highest BCUT2D eigenvalue weighted by Crippen LogP contribution is 2.27. The molecule has 1 saturated carbocycles. The summed E-state index contributed by atoms with van der Waals surface area (Å²) in [6.07, 6.45) is 2.70. The molecule has 0 amide bonds. The van der Waals surface area contributed by atoms with Gasteiger partial charge in [0.15, 0.2) is 5.96 Å². The molecule has 1 aromatic carbocycles. The van der Waals surface area contributed by atoms with Gasteiger partial charge in [0.1, 0.15) is 12.4 Å². The minimum absolute atomic E-state index is 0. The number of hydrogen-bond donors (Lipinski definition) is 2. The van der Waals surface area contributed by atoms with Crippen LogP contribution in [-0.4, -0.2) is 50.2 Å². The quantitative estimate of drug-likeness (QED) is 0.293. The van der Waals surface area contributed by atoms with E-state index in [2.05, 4.69) is 53.4 Å². The van der Waals surface area contributed by atoms with Gasteiger partial charge in [0, 0.05) is 19.6 Å². The lowest BCUT2D eigenvalue weighted by molar-refractivity contribution is 0.223. The van der Waals surface area contributed by atoms with Crippen LogP contribution in [0, 0.1) is 5.92 Å². The molecule has 0 heterocycles. The van der Waals surface area contributed by atoms with Crippen LogP contribution in [0.4, 0.5) is 0 Å². The molecule has 0 saturated heterocycles. The van der Waals surface area contributed by atoms with Crippen LogP contribution < -0.4 is 15.4 Å². The highest BCUT2D eigenvalue weighted by molar-refractivity contribution is 14.0. The summed E-state index contributed by atoms with van der Waals surface area (Å²) in [4.78, 5) is 7.03. The van der Waals surface area contributed by atoms with Gasteiger partial charge in [0.05, 0.1) is 6.54 Å². The van der Waals surface area contributed by atoms with E-state index in [-0.39, 0.29) is 24.0 Å². The fourth-order valence-electron chi connectivity index (χ4n) is 2.60. The summed E-state index contributed by atoms with van der Waals surface area (Å²) < 4.78 is 5.83. The lowest BCUT2D eigenvalue weighted by Crippen LogP contribution is -2.38. The summed E-state index contributed by atoms with van der Waals surface area (Å²) in [5.74, 6) is 2.68. The Morgan fingerprint density at radius 2 is 1.81 bits per heavy atom. The van der Waals surface area contributed by atoms with Crippen molar-refractivity contribution in [1.82, 2.24) is 15.5 Å². The molecule has 0 unspecified atom stereocenters. The molecule has 148 valence electrons. The molecule has 0 spiro atoms. The second-order valence-electron chi connectivity index (χ2n) is 6.54. The molecule has 1 fully saturated rings. The monoisotopic (exact) mass is 474 g/mol. The zero-order valence-electron chi connectivity index (χ0n) is 16.5. The van der Waals surface area contributed by atoms with E-state index in [0.29, 0.717) is 6.54 Å². The molecule has 0 aliphatic heterocycles. The van der Waals surface area contributed by atoms with Gasteiger partial charge >= 0.3 is 0 Å². The third-order valence-corrected chi connectivity index (χ3v) is 4.51. The van der Waals surface area contributed by atoms with Gasteiger partial charge in [-0.2, -0.15) is 0 Å². The molecule has 5 nitrogen and oxygen atoms in total. The Labute approximate surface area is 176 Å². The zero-order chi connectivity index (χ0) is 17.9. The summed E-state index contributed by atoms with van der Waals surface area (Å²) in [5.41, 5.74) is 1.19. The Hall–Kier alpha value is -1.02. The van der Waals surface area contributed by atoms with Crippen molar-refractivity contribution in [3.8, 4) is 5.75 Å². The third kappa shape index (κ3) is 9.07. The first-order valence-corrected chi connectivity index (χ1v) is 9.71. The van der Waals surface area contributed by atoms with Crippen LogP contribution in [0.15, 0.2) is 29.3 Å². The minimum atomic E-state index is 0. The van der Waals surface area contributed by atoms with E-state index in [0.717, 1.165) is 57.0 Å². The number of aliphatic imine (C=N–C) groups is 1. The van der Waals surface area contributed by atoms with Crippen molar-refractivity contribution in [3.63, 3.8) is 0 Å². The Kier molecular flexibility index (Phi) is 11.7. The Balaban J connectivity index is 0.00000338. The summed E-state index contributed by atoms with van der Waals surface area (Å²) in [6.45, 7) is 12.9. The maximum atomic E-state index is 5.83. The molecule has 26 heavy (non-hydrogen) atoms. The van der Waals surface area contributed by atoms with E-state index >= 15 is 0 Å². The second kappa shape index (κ2) is 13.2. The average Bonchev–Trinajstić information content (AvgIpc) is 3.46. The summed E-state index contributed by atoms with van der Waals surface area (Å²) >= 11 is 0. The van der Waals surface area contributed by atoms with Crippen molar-refractivity contribution >= 4 is 29.9 Å². The van der Waals surface area contributed by atoms with Gasteiger partial charge in [0.2, 0.25) is 0 Å². The summed E-state index contributed by atoms with van der Waals surface area (Å²) in [6, 6.07) is 8.27. The number of halogens is 1. The van der Waals surface area contributed by atoms with Crippen molar-refractivity contribution in [2.75, 3.05) is 39.3 Å². The lowest BCUT2D eigenvalue weighted by Gasteiger charge is -2.18. The molecule has 0 bridgehead atoms. The highest BCUT2D eigenvalue weighted by atomic mass is 127. The number of nitrogens with zero attached hydrogens (tertiary/aromatic N) is 2. The molecule has 0 aromatic heterocycles. The van der Waals surface area contributed by atoms with Crippen molar-refractivity contribution in [1.29, 1.82) is 0 Å². The molecule has 2 rings (SSSR count). The number of rotatable bonds is 11. The van der Waals surface area contributed by atoms with Gasteiger partial charge in [-0.3, -0.25) is 0 Å². The molecule has 2 N–H and O–H groups in total. The fourth-order valence-corrected chi connectivity index (χ4v) is 2.60. The van der Waals surface area contributed by atoms with Crippen LogP contribution in [0.5, 0.6) is 5.75 Å². The van der Waals surface area contributed by atoms with Crippen LogP contribution in [-0.2, 0) is 6.54 Å². The minimum Gasteiger partial charge on any atom is -0.492 e. The standard InChI is InChI=1S/C20H34N4O.HI/c1-4-21-20(22-15-17-7-8-17)23-16-18-9-11-19(12-10-18)25-14-13-24(5-2)6-3;/h9-12,17H,4-8,13-16H2,1-3H3,(H2,21,22,23);1H. The first-order valence-electron chi connectivity index (χ1n) is 9.71. The SMILES string of the molecule is CCNC(=NCc1ccc(OCCN(CC)CC)cc1)NCC1CC1.I. The molecule has 0 atom stereocenters. The van der Waals surface area contributed by atoms with Gasteiger partial charge in [0.25, 0.3) is 0 Å². The smallest absolute Gasteiger partial charge is 0.191 e. The molecular formula is C20H35IN4O. The van der Waals surface area contributed by atoms with Crippen LogP contribution in [0.2, 0.25) is 0 Å². The molecule has 1 aromatic rings. The largest absolute Gasteiger partial charge is 0.492 e. The van der Waals surface area contributed by atoms with Crippen LogP contribution in [0.1, 0.15) is 39.2 Å². The number of nitrogens with one attached hydrogen (secondary N) is 2. The molecule has 1 aliphatic rings. The van der Waals surface area contributed by atoms with Crippen molar-refractivity contribution in [3.05, 3.63) is 29.8 Å². The molecule has 0 radical (unpaired) electrons. The Morgan fingerprint density at radius 1 is 1.12 bits per heavy atom. The lowest BCUT2D eigenvalue weighted by atomic mass is 10.2. The van der Waals surface area contributed by atoms with E-state index in [9.17, 15) is 0 Å². The first-order chi connectivity index (χ1) is 12.2. The Morgan fingerprint density at radius 3 is 2.38 bits per heavy atom. The summed E-state index contributed by atoms with van der Waals surface area (Å²) in [7, 11) is 0. The predicted molar refractivity (Wildman–Crippen MR) is 121 cm³/mol. The zero-order valence-corrected chi connectivity index (χ0v) is 18.8. The van der Waals surface area contributed by atoms with Crippen LogP contribution in [0.25, 0.3) is 0 Å². The number of benzene rings is 1. The van der Waals surface area contributed by atoms with E-state index < -0.39 is 0 Å². The van der Waals surface area contributed by atoms with Crippen LogP contribution in [0.3, 0.4) is 0 Å². The predicted octanol–water partition coefficient (Wildman–Crippen LogP) is 3.49. The van der Waals surface area contributed by atoms with E-state index in [4.69, 9.17) is 4.74 Å². The number of guanidine groups is 1. The average molecular weight is 474 g/mol. The van der Waals surface area contributed by atoms with Gasteiger partial charge < -0.3 is 20.3 Å². The normalized spacial score (nSPS) is 14.1. The topological polar surface area (TPSA) is 48.9 Å². The maximum Gasteiger partial charge on any atom is 0.191 e. The highest BCUT2D eigenvalue weighted by Gasteiger charge is 2.20. The molecule has 6 heteroatoms. The maximum absolute atomic E-state index is 5.83. The number of hydrogen-bond acceptors (Lipinski definition) is 3. The third-order valence-electron chi connectivity index (χ3n) is 4.51. The van der Waals surface area contributed by atoms with Crippen LogP contribution >= 0.6 is 24.0 Å². The number of likely N-dealkylation sites (N-methyl/N-ethyl adjacent to an activating group) is 1. The fraction of sp³-hybridized carbons (Fsp3) is 0.650. The van der Waals surface area contributed by atoms with Gasteiger partial charge in [-0.1, -0.05) is 26.0 Å². The van der Waals surface area contributed by atoms with Gasteiger partial charge in [-0.25, -0.2) is 4.99 Å². The van der Waals surface area contributed by atoms with Crippen molar-refractivity contribution in [2.24, 2.45) is 10.9 Å². The molecule has 1 aliphatic carbocycles. The van der Waals surface area contributed by atoms with Crippen molar-refractivity contribution < 1.29 is 4.74 Å². The van der Waals surface area contributed by atoms with E-state index in [1.54, 1.807) is 0 Å². The Bertz CT molecular complexity index is 513. The van der Waals surface area contributed by atoms with E-state index in [1.165, 1.54) is 18.4 Å². The van der Waals surface area contributed by atoms with Gasteiger partial charge in [-0.15, -0.1) is 24.0 Å². The van der Waals surface area contributed by atoms with E-state index in [1.807, 2.05) is 12.1 Å². The summed E-state index contributed by atoms with van der Waals surface area (Å²) in [5, 5.41) is 6.73.